The molecule has 0 aliphatic rings. The number of nitrogens with two attached hydrogens (primary N) is 1. The lowest BCUT2D eigenvalue weighted by Gasteiger charge is -2.08. The summed E-state index contributed by atoms with van der Waals surface area (Å²) in [5.74, 6) is 0.960. The van der Waals surface area contributed by atoms with Crippen LogP contribution in [0.3, 0.4) is 0 Å². The van der Waals surface area contributed by atoms with Crippen LogP contribution in [-0.4, -0.2) is 4.98 Å². The lowest BCUT2D eigenvalue weighted by atomic mass is 10.1. The van der Waals surface area contributed by atoms with E-state index in [1.165, 1.54) is 27.1 Å². The summed E-state index contributed by atoms with van der Waals surface area (Å²) in [7, 11) is 0. The first-order chi connectivity index (χ1) is 8.69. The zero-order valence-corrected chi connectivity index (χ0v) is 11.6. The molecule has 2 N–H and O–H groups in total. The highest BCUT2D eigenvalue weighted by Gasteiger charge is 2.03. The zero-order valence-electron chi connectivity index (χ0n) is 10.8. The summed E-state index contributed by atoms with van der Waals surface area (Å²) < 4.78 is 0. The minimum atomic E-state index is 0.567. The van der Waals surface area contributed by atoms with E-state index < -0.39 is 0 Å². The Bertz CT molecular complexity index is 518. The molecule has 0 spiro atoms. The Morgan fingerprint density at radius 2 is 1.89 bits per heavy atom. The van der Waals surface area contributed by atoms with Crippen LogP contribution in [0.15, 0.2) is 41.6 Å². The van der Waals surface area contributed by atoms with E-state index in [-0.39, 0.29) is 0 Å². The predicted octanol–water partition coefficient (Wildman–Crippen LogP) is 3.45. The number of pyridine rings is 1. The standard InChI is InChI=1S/C15H18N2S/c1-11-5-12(2)7-13(6-11)10-18-15-9-17-4-3-14(15)8-16/h3-7,9H,8,10,16H2,1-2H3. The van der Waals surface area contributed by atoms with E-state index in [1.807, 2.05) is 12.3 Å². The van der Waals surface area contributed by atoms with Crippen molar-refractivity contribution < 1.29 is 0 Å². The highest BCUT2D eigenvalue weighted by atomic mass is 32.2. The number of hydrogen-bond acceptors (Lipinski definition) is 3. The molecule has 2 nitrogen and oxygen atoms in total. The first-order valence-corrected chi connectivity index (χ1v) is 7.00. The zero-order chi connectivity index (χ0) is 13.0. The third kappa shape index (κ3) is 3.34. The van der Waals surface area contributed by atoms with Crippen molar-refractivity contribution in [2.75, 3.05) is 0 Å². The Morgan fingerprint density at radius 3 is 2.56 bits per heavy atom. The molecule has 0 atom stereocenters. The molecule has 0 bridgehead atoms. The fourth-order valence-electron chi connectivity index (χ4n) is 2.02. The van der Waals surface area contributed by atoms with Gasteiger partial charge in [0.25, 0.3) is 0 Å². The fraction of sp³-hybridized carbons (Fsp3) is 0.267. The fourth-order valence-corrected chi connectivity index (χ4v) is 2.98. The lowest BCUT2D eigenvalue weighted by Crippen LogP contribution is -1.98. The van der Waals surface area contributed by atoms with E-state index in [1.54, 1.807) is 18.0 Å². The first kappa shape index (κ1) is 13.1. The Balaban J connectivity index is 2.11. The van der Waals surface area contributed by atoms with Gasteiger partial charge in [-0.05, 0) is 31.0 Å². The summed E-state index contributed by atoms with van der Waals surface area (Å²) >= 11 is 1.80. The molecule has 0 aliphatic carbocycles. The molecule has 0 saturated heterocycles. The van der Waals surface area contributed by atoms with Gasteiger partial charge in [-0.25, -0.2) is 0 Å². The summed E-state index contributed by atoms with van der Waals surface area (Å²) in [6.07, 6.45) is 3.69. The number of aryl methyl sites for hydroxylation is 2. The van der Waals surface area contributed by atoms with Crippen molar-refractivity contribution in [3.63, 3.8) is 0 Å². The Hall–Kier alpha value is -1.32. The summed E-state index contributed by atoms with van der Waals surface area (Å²) in [5.41, 5.74) is 10.9. The van der Waals surface area contributed by atoms with Gasteiger partial charge in [0.15, 0.2) is 0 Å². The molecule has 2 aromatic rings. The molecule has 0 amide bonds. The van der Waals surface area contributed by atoms with Gasteiger partial charge >= 0.3 is 0 Å². The van der Waals surface area contributed by atoms with Gasteiger partial charge in [0.05, 0.1) is 0 Å². The molecule has 2 rings (SSSR count). The molecule has 0 unspecified atom stereocenters. The Labute approximate surface area is 113 Å². The maximum absolute atomic E-state index is 5.73. The maximum atomic E-state index is 5.73. The molecule has 1 heterocycles. The van der Waals surface area contributed by atoms with Crippen molar-refractivity contribution in [1.82, 2.24) is 4.98 Å². The van der Waals surface area contributed by atoms with Gasteiger partial charge < -0.3 is 5.73 Å². The van der Waals surface area contributed by atoms with Gasteiger partial charge in [-0.3, -0.25) is 4.98 Å². The minimum Gasteiger partial charge on any atom is -0.326 e. The molecule has 1 aromatic heterocycles. The first-order valence-electron chi connectivity index (χ1n) is 6.02. The second-order valence-corrected chi connectivity index (χ2v) is 5.49. The molecule has 0 fully saturated rings. The van der Waals surface area contributed by atoms with Crippen molar-refractivity contribution in [3.8, 4) is 0 Å². The van der Waals surface area contributed by atoms with E-state index in [0.29, 0.717) is 6.54 Å². The molecule has 0 aliphatic heterocycles. The van der Waals surface area contributed by atoms with Gasteiger partial charge in [-0.2, -0.15) is 0 Å². The van der Waals surface area contributed by atoms with Crippen molar-refractivity contribution in [1.29, 1.82) is 0 Å². The normalized spacial score (nSPS) is 10.6. The number of benzene rings is 1. The number of nitrogens with zero attached hydrogens (tertiary/aromatic N) is 1. The third-order valence-corrected chi connectivity index (χ3v) is 3.92. The van der Waals surface area contributed by atoms with Crippen molar-refractivity contribution in [3.05, 3.63) is 58.9 Å². The third-order valence-electron chi connectivity index (χ3n) is 2.77. The van der Waals surface area contributed by atoms with Crippen LogP contribution in [0.1, 0.15) is 22.3 Å². The average Bonchev–Trinajstić information content (AvgIpc) is 2.35. The molecule has 0 saturated carbocycles. The van der Waals surface area contributed by atoms with Crippen molar-refractivity contribution in [2.45, 2.75) is 31.0 Å². The quantitative estimate of drug-likeness (QED) is 0.854. The second kappa shape index (κ2) is 6.03. The summed E-state index contributed by atoms with van der Waals surface area (Å²) in [6, 6.07) is 8.66. The number of hydrogen-bond donors (Lipinski definition) is 1. The van der Waals surface area contributed by atoms with Crippen molar-refractivity contribution >= 4 is 11.8 Å². The van der Waals surface area contributed by atoms with Crippen molar-refractivity contribution in [2.24, 2.45) is 5.73 Å². The highest BCUT2D eigenvalue weighted by molar-refractivity contribution is 7.98. The second-order valence-electron chi connectivity index (χ2n) is 4.47. The van der Waals surface area contributed by atoms with E-state index >= 15 is 0 Å². The molecule has 0 radical (unpaired) electrons. The van der Waals surface area contributed by atoms with Gasteiger partial charge in [-0.15, -0.1) is 11.8 Å². The minimum absolute atomic E-state index is 0.567. The van der Waals surface area contributed by atoms with Crippen LogP contribution in [-0.2, 0) is 12.3 Å². The lowest BCUT2D eigenvalue weighted by molar-refractivity contribution is 1.00. The van der Waals surface area contributed by atoms with Crippen LogP contribution in [0.25, 0.3) is 0 Å². The SMILES string of the molecule is Cc1cc(C)cc(CSc2cnccc2CN)c1. The number of thioether (sulfide) groups is 1. The molecular weight excluding hydrogens is 240 g/mol. The van der Waals surface area contributed by atoms with E-state index in [9.17, 15) is 0 Å². The topological polar surface area (TPSA) is 38.9 Å². The van der Waals surface area contributed by atoms with E-state index in [2.05, 4.69) is 37.0 Å². The summed E-state index contributed by atoms with van der Waals surface area (Å²) in [5, 5.41) is 0. The Kier molecular flexibility index (Phi) is 4.39. The van der Waals surface area contributed by atoms with E-state index in [4.69, 9.17) is 5.73 Å². The van der Waals surface area contributed by atoms with Gasteiger partial charge in [0, 0.05) is 29.6 Å². The summed E-state index contributed by atoms with van der Waals surface area (Å²) in [6.45, 7) is 4.84. The Morgan fingerprint density at radius 1 is 1.17 bits per heavy atom. The molecular formula is C15H18N2S. The van der Waals surface area contributed by atoms with Crippen LogP contribution in [0.5, 0.6) is 0 Å². The van der Waals surface area contributed by atoms with Crippen LogP contribution >= 0.6 is 11.8 Å². The van der Waals surface area contributed by atoms with Gasteiger partial charge in [0.2, 0.25) is 0 Å². The number of aromatic nitrogens is 1. The highest BCUT2D eigenvalue weighted by Crippen LogP contribution is 2.26. The number of rotatable bonds is 4. The van der Waals surface area contributed by atoms with Gasteiger partial charge in [-0.1, -0.05) is 29.3 Å². The summed E-state index contributed by atoms with van der Waals surface area (Å²) in [4.78, 5) is 5.34. The largest absolute Gasteiger partial charge is 0.326 e. The van der Waals surface area contributed by atoms with Gasteiger partial charge in [0.1, 0.15) is 0 Å². The van der Waals surface area contributed by atoms with Crippen LogP contribution in [0.4, 0.5) is 0 Å². The molecule has 94 valence electrons. The smallest absolute Gasteiger partial charge is 0.0407 e. The van der Waals surface area contributed by atoms with Crippen LogP contribution < -0.4 is 5.73 Å². The van der Waals surface area contributed by atoms with Crippen LogP contribution in [0, 0.1) is 13.8 Å². The maximum Gasteiger partial charge on any atom is 0.0407 e. The monoisotopic (exact) mass is 258 g/mol. The molecule has 1 aromatic carbocycles. The predicted molar refractivity (Wildman–Crippen MR) is 77.6 cm³/mol. The molecule has 18 heavy (non-hydrogen) atoms. The molecule has 3 heteroatoms. The average molecular weight is 258 g/mol. The van der Waals surface area contributed by atoms with E-state index in [0.717, 1.165) is 5.75 Å². The van der Waals surface area contributed by atoms with Crippen LogP contribution in [0.2, 0.25) is 0 Å².